The van der Waals surface area contributed by atoms with Gasteiger partial charge in [0.25, 0.3) is 0 Å². The number of benzene rings is 1. The smallest absolute Gasteiger partial charge is 0.236 e. The quantitative estimate of drug-likeness (QED) is 0.831. The van der Waals surface area contributed by atoms with E-state index in [1.165, 1.54) is 0 Å². The van der Waals surface area contributed by atoms with Gasteiger partial charge in [0.1, 0.15) is 0 Å². The van der Waals surface area contributed by atoms with Gasteiger partial charge in [-0.05, 0) is 19.4 Å². The first-order valence-corrected chi connectivity index (χ1v) is 8.39. The summed E-state index contributed by atoms with van der Waals surface area (Å²) in [6, 6.07) is 10.1. The van der Waals surface area contributed by atoms with Gasteiger partial charge in [0.05, 0.1) is 12.6 Å². The average Bonchev–Trinajstić information content (AvgIpc) is 2.56. The van der Waals surface area contributed by atoms with Crippen molar-refractivity contribution in [3.05, 3.63) is 35.9 Å². The molecule has 0 saturated carbocycles. The van der Waals surface area contributed by atoms with Gasteiger partial charge in [0, 0.05) is 39.6 Å². The van der Waals surface area contributed by atoms with Gasteiger partial charge >= 0.3 is 0 Å². The minimum Gasteiger partial charge on any atom is -0.342 e. The summed E-state index contributed by atoms with van der Waals surface area (Å²) < 4.78 is 0. The van der Waals surface area contributed by atoms with E-state index in [1.54, 1.807) is 6.92 Å². The molecule has 1 aromatic rings. The van der Waals surface area contributed by atoms with Gasteiger partial charge in [-0.1, -0.05) is 30.3 Å². The molecule has 1 aliphatic rings. The molecule has 23 heavy (non-hydrogen) atoms. The van der Waals surface area contributed by atoms with Crippen LogP contribution in [0.4, 0.5) is 0 Å². The van der Waals surface area contributed by atoms with Gasteiger partial charge < -0.3 is 9.80 Å². The third-order valence-corrected chi connectivity index (χ3v) is 4.53. The number of carbonyl (C=O) groups excluding carboxylic acids is 2. The van der Waals surface area contributed by atoms with Crippen molar-refractivity contribution in [3.63, 3.8) is 0 Å². The molecule has 1 atom stereocenters. The van der Waals surface area contributed by atoms with E-state index in [1.807, 2.05) is 41.8 Å². The molecule has 1 unspecified atom stereocenters. The molecule has 126 valence electrons. The normalized spacial score (nSPS) is 18.7. The number of rotatable bonds is 5. The van der Waals surface area contributed by atoms with Crippen LogP contribution in [0.2, 0.25) is 0 Å². The van der Waals surface area contributed by atoms with Crippen LogP contribution < -0.4 is 0 Å². The number of amides is 2. The van der Waals surface area contributed by atoms with Crippen LogP contribution in [0.5, 0.6) is 0 Å². The van der Waals surface area contributed by atoms with Crippen molar-refractivity contribution < 1.29 is 9.59 Å². The predicted octanol–water partition coefficient (Wildman–Crippen LogP) is 1.76. The summed E-state index contributed by atoms with van der Waals surface area (Å²) in [5.41, 5.74) is 1.13. The van der Waals surface area contributed by atoms with Crippen LogP contribution in [0.3, 0.4) is 0 Å². The molecule has 1 aliphatic heterocycles. The lowest BCUT2D eigenvalue weighted by Crippen LogP contribution is -2.52. The van der Waals surface area contributed by atoms with Crippen LogP contribution in [0, 0.1) is 0 Å². The van der Waals surface area contributed by atoms with E-state index in [0.717, 1.165) is 25.2 Å². The molecular weight excluding hydrogens is 290 g/mol. The van der Waals surface area contributed by atoms with Gasteiger partial charge in [-0.25, -0.2) is 0 Å². The van der Waals surface area contributed by atoms with E-state index < -0.39 is 0 Å². The third-order valence-electron chi connectivity index (χ3n) is 4.53. The fourth-order valence-corrected chi connectivity index (χ4v) is 3.19. The topological polar surface area (TPSA) is 43.9 Å². The van der Waals surface area contributed by atoms with Gasteiger partial charge in [0.15, 0.2) is 0 Å². The molecule has 1 heterocycles. The second kappa shape index (κ2) is 8.11. The Balaban J connectivity index is 2.09. The fraction of sp³-hybridized carbons (Fsp3) is 0.556. The van der Waals surface area contributed by atoms with E-state index in [9.17, 15) is 9.59 Å². The fourth-order valence-electron chi connectivity index (χ4n) is 3.19. The summed E-state index contributed by atoms with van der Waals surface area (Å²) in [4.78, 5) is 30.2. The van der Waals surface area contributed by atoms with Crippen molar-refractivity contribution in [3.8, 4) is 0 Å². The number of piperazine rings is 1. The maximum Gasteiger partial charge on any atom is 0.236 e. The standard InChI is InChI=1S/C18H27N3O2/c1-4-20(5-2)18(23)14-19-11-12-21(15(3)22)17(13-19)16-9-7-6-8-10-16/h6-10,17H,4-5,11-14H2,1-3H3. The van der Waals surface area contributed by atoms with Crippen molar-refractivity contribution in [1.29, 1.82) is 0 Å². The molecular formula is C18H27N3O2. The predicted molar refractivity (Wildman–Crippen MR) is 90.9 cm³/mol. The number of hydrogen-bond donors (Lipinski definition) is 0. The minimum atomic E-state index is 0.0203. The van der Waals surface area contributed by atoms with E-state index >= 15 is 0 Å². The maximum atomic E-state index is 12.3. The lowest BCUT2D eigenvalue weighted by atomic mass is 10.0. The van der Waals surface area contributed by atoms with E-state index in [2.05, 4.69) is 17.0 Å². The zero-order valence-corrected chi connectivity index (χ0v) is 14.4. The Morgan fingerprint density at radius 1 is 1.13 bits per heavy atom. The third kappa shape index (κ3) is 4.32. The average molecular weight is 317 g/mol. The highest BCUT2D eigenvalue weighted by molar-refractivity contribution is 5.78. The zero-order chi connectivity index (χ0) is 16.8. The summed E-state index contributed by atoms with van der Waals surface area (Å²) in [6.07, 6.45) is 0. The summed E-state index contributed by atoms with van der Waals surface area (Å²) in [5.74, 6) is 0.256. The summed E-state index contributed by atoms with van der Waals surface area (Å²) >= 11 is 0. The number of carbonyl (C=O) groups is 2. The second-order valence-electron chi connectivity index (χ2n) is 5.94. The Kier molecular flexibility index (Phi) is 6.16. The van der Waals surface area contributed by atoms with Crippen molar-refractivity contribution in [2.75, 3.05) is 39.3 Å². The van der Waals surface area contributed by atoms with Crippen LogP contribution in [-0.4, -0.2) is 65.8 Å². The Bertz CT molecular complexity index is 528. The lowest BCUT2D eigenvalue weighted by Gasteiger charge is -2.41. The molecule has 1 fully saturated rings. The molecule has 0 aromatic heterocycles. The molecule has 0 bridgehead atoms. The van der Waals surface area contributed by atoms with Crippen LogP contribution >= 0.6 is 0 Å². The van der Waals surface area contributed by atoms with Gasteiger partial charge in [-0.15, -0.1) is 0 Å². The SMILES string of the molecule is CCN(CC)C(=O)CN1CCN(C(C)=O)C(c2ccccc2)C1. The van der Waals surface area contributed by atoms with Crippen LogP contribution in [-0.2, 0) is 9.59 Å². The van der Waals surface area contributed by atoms with Crippen molar-refractivity contribution in [2.24, 2.45) is 0 Å². The summed E-state index contributed by atoms with van der Waals surface area (Å²) in [7, 11) is 0. The molecule has 0 aliphatic carbocycles. The molecule has 0 radical (unpaired) electrons. The van der Waals surface area contributed by atoms with Crippen LogP contribution in [0.15, 0.2) is 30.3 Å². The molecule has 1 aromatic carbocycles. The molecule has 0 spiro atoms. The second-order valence-corrected chi connectivity index (χ2v) is 5.94. The van der Waals surface area contributed by atoms with Gasteiger partial charge in [-0.2, -0.15) is 0 Å². The Morgan fingerprint density at radius 3 is 2.35 bits per heavy atom. The molecule has 1 saturated heterocycles. The highest BCUT2D eigenvalue weighted by Crippen LogP contribution is 2.25. The Labute approximate surface area is 138 Å². The minimum absolute atomic E-state index is 0.0203. The van der Waals surface area contributed by atoms with Crippen molar-refractivity contribution in [1.82, 2.24) is 14.7 Å². The lowest BCUT2D eigenvalue weighted by molar-refractivity contribution is -0.136. The van der Waals surface area contributed by atoms with Gasteiger partial charge in [0.2, 0.25) is 11.8 Å². The maximum absolute atomic E-state index is 12.3. The van der Waals surface area contributed by atoms with E-state index in [4.69, 9.17) is 0 Å². The molecule has 5 heteroatoms. The monoisotopic (exact) mass is 317 g/mol. The molecule has 2 rings (SSSR count). The van der Waals surface area contributed by atoms with E-state index in [-0.39, 0.29) is 17.9 Å². The van der Waals surface area contributed by atoms with Crippen molar-refractivity contribution >= 4 is 11.8 Å². The van der Waals surface area contributed by atoms with Crippen LogP contribution in [0.1, 0.15) is 32.4 Å². The highest BCUT2D eigenvalue weighted by atomic mass is 16.2. The summed E-state index contributed by atoms with van der Waals surface area (Å²) in [6.45, 7) is 9.65. The Morgan fingerprint density at radius 2 is 1.78 bits per heavy atom. The number of likely N-dealkylation sites (N-methyl/N-ethyl adjacent to an activating group) is 1. The number of hydrogen-bond acceptors (Lipinski definition) is 3. The Hall–Kier alpha value is -1.88. The largest absolute Gasteiger partial charge is 0.342 e. The first kappa shape index (κ1) is 17.5. The first-order chi connectivity index (χ1) is 11.1. The number of nitrogens with zero attached hydrogens (tertiary/aromatic N) is 3. The highest BCUT2D eigenvalue weighted by Gasteiger charge is 2.30. The first-order valence-electron chi connectivity index (χ1n) is 8.39. The van der Waals surface area contributed by atoms with Crippen molar-refractivity contribution in [2.45, 2.75) is 26.8 Å². The van der Waals surface area contributed by atoms with E-state index in [0.29, 0.717) is 19.6 Å². The summed E-state index contributed by atoms with van der Waals surface area (Å²) in [5, 5.41) is 0. The molecule has 0 N–H and O–H groups in total. The van der Waals surface area contributed by atoms with Crippen LogP contribution in [0.25, 0.3) is 0 Å². The van der Waals surface area contributed by atoms with Gasteiger partial charge in [-0.3, -0.25) is 14.5 Å². The molecule has 2 amide bonds. The zero-order valence-electron chi connectivity index (χ0n) is 14.4. The molecule has 5 nitrogen and oxygen atoms in total.